The van der Waals surface area contributed by atoms with Crippen molar-refractivity contribution in [2.75, 3.05) is 7.05 Å². The first-order valence-corrected chi connectivity index (χ1v) is 10.5. The van der Waals surface area contributed by atoms with Gasteiger partial charge >= 0.3 is 0 Å². The summed E-state index contributed by atoms with van der Waals surface area (Å²) in [7, 11) is 1.77. The summed E-state index contributed by atoms with van der Waals surface area (Å²) >= 11 is 0. The van der Waals surface area contributed by atoms with E-state index in [-0.39, 0.29) is 22.9 Å². The van der Waals surface area contributed by atoms with Crippen molar-refractivity contribution in [3.8, 4) is 0 Å². The van der Waals surface area contributed by atoms with Gasteiger partial charge in [-0.05, 0) is 48.6 Å². The Morgan fingerprint density at radius 1 is 1.10 bits per heavy atom. The zero-order valence-electron chi connectivity index (χ0n) is 18.8. The second-order valence-electron chi connectivity index (χ2n) is 8.86. The van der Waals surface area contributed by atoms with Crippen LogP contribution in [-0.4, -0.2) is 27.4 Å². The Balaban J connectivity index is 1.98. The lowest BCUT2D eigenvalue weighted by atomic mass is 9.86. The molecule has 2 aromatic carbocycles. The number of fused-ring (bicyclic) bond motifs is 1. The van der Waals surface area contributed by atoms with Crippen molar-refractivity contribution in [2.45, 2.75) is 59.0 Å². The van der Waals surface area contributed by atoms with Crippen LogP contribution in [0.25, 0.3) is 10.9 Å². The molecule has 5 nitrogen and oxygen atoms in total. The van der Waals surface area contributed by atoms with Crippen molar-refractivity contribution in [1.82, 2.24) is 14.5 Å². The Morgan fingerprint density at radius 2 is 1.73 bits per heavy atom. The van der Waals surface area contributed by atoms with Crippen LogP contribution in [0.4, 0.5) is 0 Å². The van der Waals surface area contributed by atoms with Gasteiger partial charge in [-0.2, -0.15) is 0 Å². The lowest BCUT2D eigenvalue weighted by Gasteiger charge is -2.27. The minimum absolute atomic E-state index is 0.0337. The first kappa shape index (κ1) is 21.8. The van der Waals surface area contributed by atoms with Gasteiger partial charge in [-0.25, -0.2) is 4.98 Å². The molecule has 0 fully saturated rings. The summed E-state index contributed by atoms with van der Waals surface area (Å²) < 4.78 is 1.71. The van der Waals surface area contributed by atoms with Crippen molar-refractivity contribution < 1.29 is 4.79 Å². The maximum atomic E-state index is 13.1. The van der Waals surface area contributed by atoms with Crippen LogP contribution in [0, 0.1) is 0 Å². The Morgan fingerprint density at radius 3 is 2.33 bits per heavy atom. The van der Waals surface area contributed by atoms with E-state index in [1.165, 1.54) is 5.56 Å². The molecule has 0 saturated heterocycles. The molecule has 3 aromatic rings. The van der Waals surface area contributed by atoms with Crippen LogP contribution in [-0.2, 0) is 12.0 Å². The number of hydrogen-bond donors (Lipinski definition) is 0. The van der Waals surface area contributed by atoms with E-state index in [0.717, 1.165) is 6.42 Å². The number of aromatic nitrogens is 2. The summed E-state index contributed by atoms with van der Waals surface area (Å²) in [5, 5.41) is 0.605. The predicted octanol–water partition coefficient (Wildman–Crippen LogP) is 4.94. The summed E-state index contributed by atoms with van der Waals surface area (Å²) in [5.41, 5.74) is 2.45. The van der Waals surface area contributed by atoms with Crippen LogP contribution < -0.4 is 5.56 Å². The average Bonchev–Trinajstić information content (AvgIpc) is 2.73. The smallest absolute Gasteiger partial charge is 0.261 e. The Kier molecular flexibility index (Phi) is 6.11. The molecule has 30 heavy (non-hydrogen) atoms. The van der Waals surface area contributed by atoms with E-state index in [1.54, 1.807) is 22.6 Å². The normalized spacial score (nSPS) is 12.7. The van der Waals surface area contributed by atoms with Gasteiger partial charge in [-0.15, -0.1) is 0 Å². The van der Waals surface area contributed by atoms with Gasteiger partial charge in [0, 0.05) is 19.2 Å². The Labute approximate surface area is 178 Å². The maximum absolute atomic E-state index is 13.1. The first-order chi connectivity index (χ1) is 14.1. The van der Waals surface area contributed by atoms with Gasteiger partial charge in [0.25, 0.3) is 11.5 Å². The summed E-state index contributed by atoms with van der Waals surface area (Å²) in [6.07, 6.45) is 0.811. The molecule has 5 heteroatoms. The van der Waals surface area contributed by atoms with Crippen molar-refractivity contribution in [2.24, 2.45) is 0 Å². The van der Waals surface area contributed by atoms with Crippen molar-refractivity contribution in [3.63, 3.8) is 0 Å². The molecule has 0 radical (unpaired) electrons. The molecule has 1 amide bonds. The fourth-order valence-corrected chi connectivity index (χ4v) is 3.61. The van der Waals surface area contributed by atoms with Crippen LogP contribution in [0.15, 0.2) is 53.3 Å². The van der Waals surface area contributed by atoms with E-state index in [4.69, 9.17) is 4.98 Å². The highest BCUT2D eigenvalue weighted by Crippen LogP contribution is 2.24. The lowest BCUT2D eigenvalue weighted by Crippen LogP contribution is -2.35. The quantitative estimate of drug-likeness (QED) is 0.604. The zero-order valence-corrected chi connectivity index (χ0v) is 18.8. The molecule has 1 unspecified atom stereocenters. The molecule has 0 bridgehead atoms. The second-order valence-corrected chi connectivity index (χ2v) is 8.86. The number of nitrogens with zero attached hydrogens (tertiary/aromatic N) is 3. The summed E-state index contributed by atoms with van der Waals surface area (Å²) in [6.45, 7) is 11.0. The first-order valence-electron chi connectivity index (χ1n) is 10.5. The van der Waals surface area contributed by atoms with E-state index in [1.807, 2.05) is 56.3 Å². The van der Waals surface area contributed by atoms with Gasteiger partial charge in [-0.1, -0.05) is 52.0 Å². The summed E-state index contributed by atoms with van der Waals surface area (Å²) in [6, 6.07) is 14.8. The standard InChI is InChI=1S/C25H31N3O2/c1-7-16-28-22(26-21-11-9-8-10-20(21)24(28)30)17(2)27(6)23(29)18-12-14-19(15-13-18)25(3,4)5/h8-15,17H,7,16H2,1-6H3. The third-order valence-corrected chi connectivity index (χ3v) is 5.61. The largest absolute Gasteiger partial charge is 0.332 e. The molecule has 0 aliphatic rings. The van der Waals surface area contributed by atoms with E-state index in [9.17, 15) is 9.59 Å². The van der Waals surface area contributed by atoms with E-state index >= 15 is 0 Å². The SMILES string of the molecule is CCCn1c(C(C)N(C)C(=O)c2ccc(C(C)(C)C)cc2)nc2ccccc2c1=O. The number of benzene rings is 2. The van der Waals surface area contributed by atoms with Gasteiger partial charge in [-0.3, -0.25) is 14.2 Å². The van der Waals surface area contributed by atoms with E-state index < -0.39 is 0 Å². The van der Waals surface area contributed by atoms with E-state index in [0.29, 0.717) is 28.8 Å². The van der Waals surface area contributed by atoms with Gasteiger partial charge < -0.3 is 4.90 Å². The second kappa shape index (κ2) is 8.42. The fraction of sp³-hybridized carbons (Fsp3) is 0.400. The van der Waals surface area contributed by atoms with Crippen LogP contribution in [0.3, 0.4) is 0 Å². The van der Waals surface area contributed by atoms with Crippen LogP contribution >= 0.6 is 0 Å². The summed E-state index contributed by atoms with van der Waals surface area (Å²) in [4.78, 5) is 32.6. The molecule has 0 spiro atoms. The van der Waals surface area contributed by atoms with Crippen LogP contribution in [0.5, 0.6) is 0 Å². The van der Waals surface area contributed by atoms with Crippen molar-refractivity contribution in [3.05, 3.63) is 75.8 Å². The van der Waals surface area contributed by atoms with Crippen molar-refractivity contribution in [1.29, 1.82) is 0 Å². The molecule has 0 N–H and O–H groups in total. The highest BCUT2D eigenvalue weighted by Gasteiger charge is 2.24. The number of hydrogen-bond acceptors (Lipinski definition) is 3. The Hall–Kier alpha value is -2.95. The number of carbonyl (C=O) groups excluding carboxylic acids is 1. The molecular weight excluding hydrogens is 374 g/mol. The molecule has 0 aliphatic carbocycles. The Bertz CT molecular complexity index is 1110. The third kappa shape index (κ3) is 4.16. The third-order valence-electron chi connectivity index (χ3n) is 5.61. The van der Waals surface area contributed by atoms with Gasteiger partial charge in [0.05, 0.1) is 16.9 Å². The number of rotatable bonds is 5. The fourth-order valence-electron chi connectivity index (χ4n) is 3.61. The molecule has 158 valence electrons. The van der Waals surface area contributed by atoms with Gasteiger partial charge in [0.15, 0.2) is 0 Å². The highest BCUT2D eigenvalue weighted by molar-refractivity contribution is 5.94. The molecule has 3 rings (SSSR count). The number of amides is 1. The summed E-state index contributed by atoms with van der Waals surface area (Å²) in [5.74, 6) is 0.524. The van der Waals surface area contributed by atoms with Crippen LogP contribution in [0.2, 0.25) is 0 Å². The average molecular weight is 406 g/mol. The van der Waals surface area contributed by atoms with Crippen LogP contribution in [0.1, 0.15) is 68.8 Å². The minimum atomic E-state index is -0.344. The molecule has 1 atom stereocenters. The van der Waals surface area contributed by atoms with Crippen molar-refractivity contribution >= 4 is 16.8 Å². The molecular formula is C25H31N3O2. The molecule has 0 saturated carbocycles. The number of carbonyl (C=O) groups is 1. The lowest BCUT2D eigenvalue weighted by molar-refractivity contribution is 0.0733. The topological polar surface area (TPSA) is 55.2 Å². The molecule has 0 aliphatic heterocycles. The zero-order chi connectivity index (χ0) is 22.1. The monoisotopic (exact) mass is 405 g/mol. The maximum Gasteiger partial charge on any atom is 0.261 e. The molecule has 1 heterocycles. The predicted molar refractivity (Wildman–Crippen MR) is 122 cm³/mol. The van der Waals surface area contributed by atoms with E-state index in [2.05, 4.69) is 20.8 Å². The van der Waals surface area contributed by atoms with Gasteiger partial charge in [0.1, 0.15) is 5.82 Å². The number of para-hydroxylation sites is 1. The highest BCUT2D eigenvalue weighted by atomic mass is 16.2. The molecule has 1 aromatic heterocycles. The van der Waals surface area contributed by atoms with Gasteiger partial charge in [0.2, 0.25) is 0 Å². The minimum Gasteiger partial charge on any atom is -0.332 e.